The predicted octanol–water partition coefficient (Wildman–Crippen LogP) is 19.3. The number of ketones is 4. The van der Waals surface area contributed by atoms with Gasteiger partial charge in [0.1, 0.15) is 28.7 Å². The number of ether oxygens (including phenoxy) is 1. The van der Waals surface area contributed by atoms with E-state index in [1.54, 1.807) is 59.8 Å². The zero-order valence-electron chi connectivity index (χ0n) is 80.0. The van der Waals surface area contributed by atoms with Gasteiger partial charge in [-0.05, 0) is 284 Å². The van der Waals surface area contributed by atoms with E-state index in [-0.39, 0.29) is 137 Å². The van der Waals surface area contributed by atoms with Crippen LogP contribution in [0, 0.1) is 57.7 Å². The highest BCUT2D eigenvalue weighted by Gasteiger charge is 2.56. The maximum absolute atomic E-state index is 13.3. The van der Waals surface area contributed by atoms with E-state index in [2.05, 4.69) is 81.9 Å². The Bertz CT molecular complexity index is 3780. The number of nitrogens with zero attached hydrogens (tertiary/aromatic N) is 2. The molecule has 1 atom stereocenters. The third kappa shape index (κ3) is 55.3. The van der Waals surface area contributed by atoms with Gasteiger partial charge in [-0.1, -0.05) is 114 Å². The van der Waals surface area contributed by atoms with Gasteiger partial charge < -0.3 is 35.8 Å². The van der Waals surface area contributed by atoms with Gasteiger partial charge in [0.15, 0.2) is 21.4 Å². The quantitative estimate of drug-likeness (QED) is 0.0578. The molecule has 2 heterocycles. The lowest BCUT2D eigenvalue weighted by molar-refractivity contribution is -0.156. The summed E-state index contributed by atoms with van der Waals surface area (Å²) in [4.78, 5) is 126. The van der Waals surface area contributed by atoms with E-state index in [1.165, 1.54) is 26.8 Å². The van der Waals surface area contributed by atoms with Gasteiger partial charge in [0.05, 0.1) is 11.4 Å². The van der Waals surface area contributed by atoms with Crippen LogP contribution in [0.25, 0.3) is 0 Å². The van der Waals surface area contributed by atoms with E-state index in [0.717, 1.165) is 57.0 Å². The van der Waals surface area contributed by atoms with Crippen molar-refractivity contribution in [1.29, 1.82) is 0 Å². The number of Topliss-reactive ketones (excluding diaryl/α,β-unsaturated/α-hetero) is 2. The number of carbonyl (C=O) groups excluding carboxylic acids is 11. The maximum atomic E-state index is 13.3. The van der Waals surface area contributed by atoms with Gasteiger partial charge in [0, 0.05) is 91.3 Å². The van der Waals surface area contributed by atoms with Crippen LogP contribution in [0.1, 0.15) is 326 Å². The highest BCUT2D eigenvalue weighted by molar-refractivity contribution is 7.95. The van der Waals surface area contributed by atoms with Crippen molar-refractivity contribution < 1.29 is 79.1 Å². The number of terminal acetylenes is 2. The van der Waals surface area contributed by atoms with Gasteiger partial charge in [0.25, 0.3) is 5.91 Å². The van der Waals surface area contributed by atoms with Crippen LogP contribution in [0.2, 0.25) is 0 Å². The van der Waals surface area contributed by atoms with E-state index in [0.29, 0.717) is 62.1 Å². The van der Waals surface area contributed by atoms with Gasteiger partial charge in [-0.2, -0.15) is 0 Å². The monoisotopic (exact) mass is 1700 g/mol. The lowest BCUT2D eigenvalue weighted by Gasteiger charge is -2.36. The van der Waals surface area contributed by atoms with Crippen LogP contribution >= 0.6 is 0 Å². The number of allylic oxidation sites excluding steroid dienone is 6. The second-order valence-electron chi connectivity index (χ2n) is 41.3. The third-order valence-corrected chi connectivity index (χ3v) is 19.2. The van der Waals surface area contributed by atoms with Crippen molar-refractivity contribution in [3.05, 3.63) is 95.3 Å². The molecule has 0 aromatic heterocycles. The fraction of sp³-hybridized carbons (Fsp3) is 0.674. The first-order chi connectivity index (χ1) is 53.1. The summed E-state index contributed by atoms with van der Waals surface area (Å²) < 4.78 is 65.1. The molecule has 1 saturated carbocycles. The van der Waals surface area contributed by atoms with Crippen molar-refractivity contribution in [2.75, 3.05) is 19.7 Å². The van der Waals surface area contributed by atoms with Gasteiger partial charge in [-0.15, -0.1) is 12.8 Å². The van der Waals surface area contributed by atoms with Gasteiger partial charge in [-0.3, -0.25) is 52.7 Å². The lowest BCUT2D eigenvalue weighted by Crippen LogP contribution is -2.46. The number of amides is 6. The minimum atomic E-state index is -3.07. The van der Waals surface area contributed by atoms with Crippen LogP contribution in [0.4, 0.5) is 13.2 Å². The summed E-state index contributed by atoms with van der Waals surface area (Å²) in [6, 6.07) is 0. The number of hydrogen-bond donors (Lipinski definition) is 4. The molecular weight excluding hydrogens is 1540 g/mol. The van der Waals surface area contributed by atoms with Crippen molar-refractivity contribution in [1.82, 2.24) is 31.1 Å². The van der Waals surface area contributed by atoms with Crippen molar-refractivity contribution in [2.24, 2.45) is 33.0 Å². The second kappa shape index (κ2) is 50.9. The minimum absolute atomic E-state index is 0.0259. The van der Waals surface area contributed by atoms with E-state index in [9.17, 15) is 74.3 Å². The molecule has 4 N–H and O–H groups in total. The van der Waals surface area contributed by atoms with Crippen LogP contribution in [0.3, 0.4) is 0 Å². The Morgan fingerprint density at radius 1 is 0.555 bits per heavy atom. The summed E-state index contributed by atoms with van der Waals surface area (Å²) in [5.74, 6) is 2.34. The van der Waals surface area contributed by atoms with Gasteiger partial charge in [-0.25, -0.2) is 21.6 Å². The van der Waals surface area contributed by atoms with Crippen LogP contribution in [-0.4, -0.2) is 140 Å². The number of halogens is 3. The largest absolute Gasteiger partial charge is 0.464 e. The van der Waals surface area contributed by atoms with Crippen molar-refractivity contribution in [3.63, 3.8) is 0 Å². The van der Waals surface area contributed by atoms with E-state index >= 15 is 0 Å². The lowest BCUT2D eigenvalue weighted by atomic mass is 9.74. The fourth-order valence-corrected chi connectivity index (χ4v) is 10.2. The summed E-state index contributed by atoms with van der Waals surface area (Å²) in [7, 11) is -3.07. The normalized spacial score (nSPS) is 16.6. The molecule has 6 rings (SSSR count). The Kier molecular flexibility index (Phi) is 51.0. The molecule has 1 fully saturated rings. The predicted molar refractivity (Wildman–Crippen MR) is 480 cm³/mol. The molecule has 24 heteroatoms. The molecule has 20 nitrogen and oxygen atoms in total. The Hall–Kier alpha value is -8.25. The van der Waals surface area contributed by atoms with E-state index in [1.807, 2.05) is 179 Å². The van der Waals surface area contributed by atoms with Crippen LogP contribution in [0.5, 0.6) is 0 Å². The number of esters is 1. The second-order valence-corrected chi connectivity index (χ2v) is 43.9. The summed E-state index contributed by atoms with van der Waals surface area (Å²) >= 11 is 0. The highest BCUT2D eigenvalue weighted by Crippen LogP contribution is 2.48. The summed E-state index contributed by atoms with van der Waals surface area (Å²) in [6.45, 7) is 76.0. The molecule has 6 aliphatic rings. The Labute approximate surface area is 717 Å². The van der Waals surface area contributed by atoms with Crippen molar-refractivity contribution in [3.8, 4) is 24.7 Å². The van der Waals surface area contributed by atoms with Gasteiger partial charge >= 0.3 is 5.97 Å². The molecule has 0 aromatic carbocycles. The van der Waals surface area contributed by atoms with E-state index < -0.39 is 25.8 Å². The summed E-state index contributed by atoms with van der Waals surface area (Å²) in [6.07, 6.45) is 30.8. The average Bonchev–Trinajstić information content (AvgIpc) is 1.62. The molecule has 119 heavy (non-hydrogen) atoms. The molecule has 0 bridgehead atoms. The average molecular weight is 1700 g/mol. The zero-order valence-corrected chi connectivity index (χ0v) is 80.8. The molecule has 6 amide bonds. The maximum Gasteiger partial charge on any atom is 0.319 e. The molecule has 0 aromatic rings. The summed E-state index contributed by atoms with van der Waals surface area (Å²) in [5.41, 5.74) is -1.60. The number of carbonyl (C=O) groups is 11. The third-order valence-electron chi connectivity index (χ3n) is 17.1. The highest BCUT2D eigenvalue weighted by atomic mass is 32.2. The number of rotatable bonds is 8. The van der Waals surface area contributed by atoms with Crippen molar-refractivity contribution >= 4 is 74.4 Å². The van der Waals surface area contributed by atoms with Crippen LogP contribution in [0.15, 0.2) is 95.3 Å². The molecular formula is C95H157F3N6O14S. The Morgan fingerprint density at radius 3 is 1.18 bits per heavy atom. The SMILES string of the molecule is C#CC(=O)C(C)(C)C.C#CC(=O)NC(C)(C)C.C/C(F)=C(\C)C(=O)NC(C)(C)C.C=CC(=O)C(C)(C)C.C=CS(=O)(=O)C(C)(C)C.CC(=O)C1(C(=O)OCC(C)(C)C)CC1.CC(C)(C)C1CCC=CC1=O.CC(C)(C)N1CC=CC1=O.CC(C)(C)N1CCC=CC1=O.CC(C)(C)NC(=O)C1=C(F)CCC1.CC(C)(C)NC(=O)C1=C(F)CCCC1. The van der Waals surface area contributed by atoms with Crippen LogP contribution in [-0.2, 0) is 67.3 Å². The number of sulfone groups is 1. The van der Waals surface area contributed by atoms with Gasteiger partial charge in [0.2, 0.25) is 35.3 Å². The van der Waals surface area contributed by atoms with Crippen LogP contribution < -0.4 is 21.3 Å². The van der Waals surface area contributed by atoms with E-state index in [4.69, 9.17) is 17.6 Å². The molecule has 1 unspecified atom stereocenters. The first kappa shape index (κ1) is 119. The number of hydrogen-bond acceptors (Lipinski definition) is 14. The van der Waals surface area contributed by atoms with Crippen molar-refractivity contribution in [2.45, 2.75) is 364 Å². The molecule has 678 valence electrons. The standard InChI is InChI=1S/C11H18FNO.C11H18O3.C10H16FNO.C10H16O.C9H16FNO.C9H15NO.C8H13NO.C7H11NO.C7H12O.C7H10O.C6H12O2S/c1-11(2,3)13-10(14)8-6-4-5-7-9(8)12;1-8(12)11(5-6-11)9(13)14-7-10(2,3)4;1-10(2,3)12-9(13)7-5-4-6-8(7)11;1-10(2,3)8-6-4-5-7-9(8)11;1-6(7(2)10)8(12)11-9(3,4)5;1-9(2,3)10-7-5-4-6-8(10)11;1-8(2,3)9-6-4-5-7(9)10;1-5-6(9)8-7(2,3)4;2*1-5-6(8)7(2,3)4;1-5-9(7,8)6(2,3)4/h4-7H2,1-3H3,(H,13,14);5-7H2,1-4H3;4-6H2,1-3H3,(H,12,13);5,7-8H,4,6H2,1-3H3;1-5H3,(H,11,12);4,6H,5,7H2,1-3H3;4-5H,6H2,1-3H3;1H,2-4H3,(H,8,9);5H,1H2,2-4H3;1H,2-4H3;5H,1H2,2-4H3/b;;;;7-6-;;;;;;. The topological polar surface area (TPSA) is 286 Å². The molecule has 4 aliphatic carbocycles. The Morgan fingerprint density at radius 2 is 0.958 bits per heavy atom. The first-order valence-electron chi connectivity index (χ1n) is 40.8. The minimum Gasteiger partial charge on any atom is -0.464 e. The zero-order chi connectivity index (χ0) is 95.3. The number of nitrogens with one attached hydrogen (secondary N) is 4. The fourth-order valence-electron chi connectivity index (χ4n) is 9.74. The smallest absolute Gasteiger partial charge is 0.319 e. The summed E-state index contributed by atoms with van der Waals surface area (Å²) in [5, 5.41) is 11.8. The molecule has 0 spiro atoms. The first-order valence-corrected chi connectivity index (χ1v) is 42.4. The molecule has 2 aliphatic heterocycles. The molecule has 0 saturated heterocycles. The molecule has 0 radical (unpaired) electrons. The Balaban J connectivity index is -0.000000402.